The average molecular weight is 670 g/mol. The van der Waals surface area contributed by atoms with E-state index in [2.05, 4.69) is 33.0 Å². The zero-order chi connectivity index (χ0) is 35.2. The van der Waals surface area contributed by atoms with Crippen LogP contribution < -0.4 is 11.1 Å². The number of carboxylic acid groups (broad SMARTS) is 1. The summed E-state index contributed by atoms with van der Waals surface area (Å²) in [6, 6.07) is 0. The molecule has 0 saturated heterocycles. The van der Waals surface area contributed by atoms with Crippen LogP contribution in [0, 0.1) is 44.8 Å². The fraction of sp³-hybridized carbons (Fsp3) is 0.789. The number of carboxylic acids is 1. The summed E-state index contributed by atoms with van der Waals surface area (Å²) in [5.41, 5.74) is -1.48. The highest BCUT2D eigenvalue weighted by atomic mass is 16.6. The van der Waals surface area contributed by atoms with Crippen molar-refractivity contribution in [1.82, 2.24) is 5.32 Å². The minimum absolute atomic E-state index is 0.0147. The molecule has 0 radical (unpaired) electrons. The van der Waals surface area contributed by atoms with E-state index in [1.165, 1.54) is 5.57 Å². The molecule has 1 aromatic heterocycles. The predicted molar refractivity (Wildman–Crippen MR) is 177 cm³/mol. The molecule has 2 N–H and O–H groups in total. The first-order valence-electron chi connectivity index (χ1n) is 17.9. The maximum atomic E-state index is 14.7. The van der Waals surface area contributed by atoms with Gasteiger partial charge in [0.25, 0.3) is 0 Å². The summed E-state index contributed by atoms with van der Waals surface area (Å²) in [5, 5.41) is 13.4. The summed E-state index contributed by atoms with van der Waals surface area (Å²) in [6.45, 7) is 16.6. The van der Waals surface area contributed by atoms with Crippen LogP contribution in [0.15, 0.2) is 25.3 Å². The number of hydrogen-bond donors (Lipinski definition) is 2. The maximum absolute atomic E-state index is 14.7. The number of carbonyl (C=O) groups is 3. The highest BCUT2D eigenvalue weighted by Crippen LogP contribution is 2.74. The van der Waals surface area contributed by atoms with Gasteiger partial charge in [-0.1, -0.05) is 47.1 Å². The number of carbonyl (C=O) groups excluding carboxylic acids is 2. The van der Waals surface area contributed by atoms with E-state index >= 15 is 0 Å². The lowest BCUT2D eigenvalue weighted by Gasteiger charge is -2.70. The zero-order valence-electron chi connectivity index (χ0n) is 30.2. The first-order chi connectivity index (χ1) is 22.3. The number of fused-ring (bicyclic) bond motifs is 7. The molecule has 0 spiro atoms. The Bertz CT molecular complexity index is 1590. The van der Waals surface area contributed by atoms with Gasteiger partial charge in [0.15, 0.2) is 23.9 Å². The number of ether oxygens (including phenoxy) is 2. The standard InChI is InChI=1S/C38H55NO9/c1-21(2)28-25(47-32(44)48-28)20-46-31(43)39-38(8)26-10-13-37(7)29(35(26,5)12-11-27(38)45-9)24(40)18-22-23-19-34(4,30(41)42)15-14-33(23,3)16-17-36(22,37)6/h18,21,23,26-27,29H,10-17,19-20H2,1-9H3,(H,39,43)(H,41,42)/t23-,26?,27-,29+,33+,34-,35-,36+,37+,38-/m0/s1. The molecule has 266 valence electrons. The van der Waals surface area contributed by atoms with Crippen LogP contribution >= 0.6 is 0 Å². The van der Waals surface area contributed by atoms with E-state index in [0.717, 1.165) is 38.5 Å². The molecule has 5 aliphatic carbocycles. The van der Waals surface area contributed by atoms with Gasteiger partial charge in [0.1, 0.15) is 0 Å². The lowest BCUT2D eigenvalue weighted by molar-refractivity contribution is -0.195. The van der Waals surface area contributed by atoms with Crippen molar-refractivity contribution in [1.29, 1.82) is 0 Å². The van der Waals surface area contributed by atoms with Gasteiger partial charge in [0, 0.05) is 18.9 Å². The second kappa shape index (κ2) is 11.3. The number of allylic oxidation sites excluding steroid dienone is 2. The van der Waals surface area contributed by atoms with Crippen LogP contribution in [0.2, 0.25) is 0 Å². The molecule has 0 aromatic carbocycles. The van der Waals surface area contributed by atoms with Crippen LogP contribution in [0.3, 0.4) is 0 Å². The van der Waals surface area contributed by atoms with Gasteiger partial charge in [-0.3, -0.25) is 9.59 Å². The van der Waals surface area contributed by atoms with E-state index in [4.69, 9.17) is 18.3 Å². The summed E-state index contributed by atoms with van der Waals surface area (Å²) in [4.78, 5) is 52.4. The van der Waals surface area contributed by atoms with Crippen molar-refractivity contribution in [2.45, 2.75) is 137 Å². The van der Waals surface area contributed by atoms with Gasteiger partial charge in [-0.05, 0) is 111 Å². The van der Waals surface area contributed by atoms with Crippen LogP contribution in [0.25, 0.3) is 0 Å². The maximum Gasteiger partial charge on any atom is 0.519 e. The number of amides is 1. The lowest BCUT2D eigenvalue weighted by atomic mass is 9.34. The van der Waals surface area contributed by atoms with Crippen molar-refractivity contribution < 1.29 is 37.8 Å². The Morgan fingerprint density at radius 1 is 0.979 bits per heavy atom. The average Bonchev–Trinajstić information content (AvgIpc) is 3.38. The Morgan fingerprint density at radius 3 is 2.31 bits per heavy atom. The molecule has 0 aliphatic heterocycles. The molecule has 10 atom stereocenters. The second-order valence-electron chi connectivity index (χ2n) is 17.7. The largest absolute Gasteiger partial charge is 0.519 e. The minimum atomic E-state index is -0.832. The highest BCUT2D eigenvalue weighted by molar-refractivity contribution is 5.95. The molecular formula is C38H55NO9. The molecule has 5 aliphatic rings. The van der Waals surface area contributed by atoms with E-state index in [0.29, 0.717) is 25.0 Å². The van der Waals surface area contributed by atoms with E-state index in [-0.39, 0.29) is 64.2 Å². The van der Waals surface area contributed by atoms with E-state index in [9.17, 15) is 24.3 Å². The molecule has 1 unspecified atom stereocenters. The van der Waals surface area contributed by atoms with Gasteiger partial charge in [-0.25, -0.2) is 9.59 Å². The summed E-state index contributed by atoms with van der Waals surface area (Å²) in [6.07, 6.45) is 8.12. The molecule has 0 bridgehead atoms. The van der Waals surface area contributed by atoms with Crippen molar-refractivity contribution in [3.8, 4) is 0 Å². The molecule has 1 aromatic rings. The summed E-state index contributed by atoms with van der Waals surface area (Å²) in [7, 11) is 1.66. The van der Waals surface area contributed by atoms with Gasteiger partial charge in [0.05, 0.1) is 17.1 Å². The van der Waals surface area contributed by atoms with Gasteiger partial charge in [-0.15, -0.1) is 0 Å². The third kappa shape index (κ3) is 4.89. The molecule has 48 heavy (non-hydrogen) atoms. The topological polar surface area (TPSA) is 145 Å². The van der Waals surface area contributed by atoms with Crippen LogP contribution in [-0.2, 0) is 25.7 Å². The van der Waals surface area contributed by atoms with Crippen LogP contribution in [0.1, 0.15) is 131 Å². The number of rotatable bonds is 6. The Morgan fingerprint density at radius 2 is 1.67 bits per heavy atom. The van der Waals surface area contributed by atoms with Crippen molar-refractivity contribution in [2.24, 2.45) is 44.8 Å². The fourth-order valence-electron chi connectivity index (χ4n) is 11.8. The van der Waals surface area contributed by atoms with E-state index in [1.54, 1.807) is 7.11 Å². The molecule has 10 nitrogen and oxygen atoms in total. The zero-order valence-corrected chi connectivity index (χ0v) is 30.2. The predicted octanol–water partition coefficient (Wildman–Crippen LogP) is 7.40. The number of alkyl carbamates (subject to hydrolysis) is 1. The van der Waals surface area contributed by atoms with Gasteiger partial charge >= 0.3 is 17.9 Å². The Balaban J connectivity index is 1.32. The van der Waals surface area contributed by atoms with Gasteiger partial charge < -0.3 is 28.7 Å². The lowest BCUT2D eigenvalue weighted by Crippen LogP contribution is -2.72. The molecule has 1 amide bonds. The molecular weight excluding hydrogens is 614 g/mol. The second-order valence-corrected chi connectivity index (χ2v) is 17.7. The quantitative estimate of drug-likeness (QED) is 0.317. The van der Waals surface area contributed by atoms with Crippen molar-refractivity contribution in [2.75, 3.05) is 7.11 Å². The van der Waals surface area contributed by atoms with Crippen molar-refractivity contribution >= 4 is 17.8 Å². The third-order valence-corrected chi connectivity index (χ3v) is 14.9. The Hall–Kier alpha value is -2.88. The van der Waals surface area contributed by atoms with E-state index < -0.39 is 34.3 Å². The summed E-state index contributed by atoms with van der Waals surface area (Å²) >= 11 is 0. The van der Waals surface area contributed by atoms with Crippen molar-refractivity contribution in [3.05, 3.63) is 33.8 Å². The smallest absolute Gasteiger partial charge is 0.481 e. The minimum Gasteiger partial charge on any atom is -0.481 e. The van der Waals surface area contributed by atoms with Crippen LogP contribution in [-0.4, -0.2) is 41.7 Å². The van der Waals surface area contributed by atoms with Crippen LogP contribution in [0.4, 0.5) is 4.79 Å². The normalized spacial score (nSPS) is 43.7. The number of nitrogens with one attached hydrogen (secondary N) is 1. The summed E-state index contributed by atoms with van der Waals surface area (Å²) < 4.78 is 22.0. The molecule has 4 saturated carbocycles. The molecule has 1 heterocycles. The van der Waals surface area contributed by atoms with Crippen molar-refractivity contribution in [3.63, 3.8) is 0 Å². The fourth-order valence-corrected chi connectivity index (χ4v) is 11.8. The number of methoxy groups -OCH3 is 1. The highest BCUT2D eigenvalue weighted by Gasteiger charge is 2.71. The third-order valence-electron chi connectivity index (χ3n) is 14.9. The first-order valence-corrected chi connectivity index (χ1v) is 17.9. The first kappa shape index (κ1) is 35.0. The SMILES string of the molecule is CO[C@H]1CC[C@@]2(C)C(CC[C@]3(C)[C@@H]2C(=O)C=C2[C@@H]4C[C@@](C)(C(=O)O)CC[C@]4(C)CC[C@]23C)[C@]1(C)NC(=O)OCc1oc(=O)oc1C(C)C. The van der Waals surface area contributed by atoms with E-state index in [1.807, 2.05) is 33.8 Å². The van der Waals surface area contributed by atoms with Gasteiger partial charge in [0.2, 0.25) is 0 Å². The summed E-state index contributed by atoms with van der Waals surface area (Å²) in [5.74, 6) is -1.30. The monoisotopic (exact) mass is 669 g/mol. The Labute approximate surface area is 283 Å². The molecule has 6 rings (SSSR count). The van der Waals surface area contributed by atoms with Crippen LogP contribution in [0.5, 0.6) is 0 Å². The molecule has 4 fully saturated rings. The number of ketones is 1. The van der Waals surface area contributed by atoms with Gasteiger partial charge in [-0.2, -0.15) is 0 Å². The number of aliphatic carboxylic acids is 1. The Kier molecular flexibility index (Phi) is 8.25. The number of hydrogen-bond acceptors (Lipinski definition) is 8. The molecule has 10 heteroatoms.